The van der Waals surface area contributed by atoms with Crippen molar-refractivity contribution < 1.29 is 10.0 Å². The summed E-state index contributed by atoms with van der Waals surface area (Å²) in [6.07, 6.45) is 0. The predicted octanol–water partition coefficient (Wildman–Crippen LogP) is 1.65. The number of hydrogen-bond acceptors (Lipinski definition) is 5. The minimum absolute atomic E-state index is 0.117. The molecule has 0 aliphatic heterocycles. The van der Waals surface area contributed by atoms with E-state index < -0.39 is 10.5 Å². The maximum atomic E-state index is 10.8. The fraction of sp³-hybridized carbons (Fsp3) is 0.364. The molecular formula is C11H13N3O3. The summed E-state index contributed by atoms with van der Waals surface area (Å²) in [4.78, 5) is 10.2. The van der Waals surface area contributed by atoms with Crippen molar-refractivity contribution in [3.8, 4) is 6.07 Å². The fourth-order valence-electron chi connectivity index (χ4n) is 1.22. The summed E-state index contributed by atoms with van der Waals surface area (Å²) in [6.45, 7) is 3.32. The van der Waals surface area contributed by atoms with Crippen molar-refractivity contribution in [1.29, 1.82) is 5.26 Å². The summed E-state index contributed by atoms with van der Waals surface area (Å²) in [5.41, 5.74) is -0.547. The number of nitro benzene ring substituents is 1. The van der Waals surface area contributed by atoms with Crippen LogP contribution in [0.3, 0.4) is 0 Å². The number of rotatable bonds is 4. The lowest BCUT2D eigenvalue weighted by molar-refractivity contribution is -0.384. The van der Waals surface area contributed by atoms with Crippen LogP contribution in [0.2, 0.25) is 0 Å². The summed E-state index contributed by atoms with van der Waals surface area (Å²) in [6, 6.07) is 5.95. The molecule has 0 bridgehead atoms. The molecule has 0 radical (unpaired) electrons. The van der Waals surface area contributed by atoms with E-state index in [9.17, 15) is 15.2 Å². The van der Waals surface area contributed by atoms with Crippen LogP contribution in [0.5, 0.6) is 0 Å². The second-order valence-electron chi connectivity index (χ2n) is 4.27. The van der Waals surface area contributed by atoms with Gasteiger partial charge in [0, 0.05) is 12.6 Å². The van der Waals surface area contributed by atoms with E-state index in [1.165, 1.54) is 18.2 Å². The molecule has 0 aliphatic carbocycles. The molecule has 0 saturated heterocycles. The molecule has 90 valence electrons. The van der Waals surface area contributed by atoms with Crippen molar-refractivity contribution in [1.82, 2.24) is 0 Å². The van der Waals surface area contributed by atoms with Crippen molar-refractivity contribution in [3.63, 3.8) is 0 Å². The van der Waals surface area contributed by atoms with Gasteiger partial charge in [-0.05, 0) is 26.0 Å². The van der Waals surface area contributed by atoms with Crippen molar-refractivity contribution in [2.75, 3.05) is 11.9 Å². The minimum Gasteiger partial charge on any atom is -0.389 e. The summed E-state index contributed by atoms with van der Waals surface area (Å²) in [5, 5.41) is 31.8. The van der Waals surface area contributed by atoms with Crippen molar-refractivity contribution in [2.24, 2.45) is 0 Å². The van der Waals surface area contributed by atoms with Crippen LogP contribution in [0.25, 0.3) is 0 Å². The van der Waals surface area contributed by atoms with Gasteiger partial charge in [0.25, 0.3) is 5.69 Å². The Morgan fingerprint density at radius 1 is 1.59 bits per heavy atom. The Morgan fingerprint density at radius 3 is 2.71 bits per heavy atom. The van der Waals surface area contributed by atoms with Crippen LogP contribution in [0.4, 0.5) is 11.4 Å². The van der Waals surface area contributed by atoms with Gasteiger partial charge in [0.1, 0.15) is 5.69 Å². The molecule has 0 aromatic heterocycles. The highest BCUT2D eigenvalue weighted by atomic mass is 16.6. The van der Waals surface area contributed by atoms with Crippen LogP contribution < -0.4 is 5.32 Å². The summed E-state index contributed by atoms with van der Waals surface area (Å²) >= 11 is 0. The molecule has 17 heavy (non-hydrogen) atoms. The first-order valence-electron chi connectivity index (χ1n) is 4.98. The van der Waals surface area contributed by atoms with Crippen molar-refractivity contribution in [3.05, 3.63) is 33.9 Å². The summed E-state index contributed by atoms with van der Waals surface area (Å²) in [5.74, 6) is 0. The Labute approximate surface area is 98.6 Å². The highest BCUT2D eigenvalue weighted by Crippen LogP contribution is 2.25. The third kappa shape index (κ3) is 3.74. The Kier molecular flexibility index (Phi) is 3.66. The van der Waals surface area contributed by atoms with Crippen LogP contribution in [0, 0.1) is 21.4 Å². The molecule has 0 spiro atoms. The maximum absolute atomic E-state index is 10.8. The smallest absolute Gasteiger partial charge is 0.292 e. The van der Waals surface area contributed by atoms with Crippen LogP contribution in [-0.2, 0) is 0 Å². The molecule has 0 amide bonds. The number of nitro groups is 1. The van der Waals surface area contributed by atoms with Crippen molar-refractivity contribution >= 4 is 11.4 Å². The highest BCUT2D eigenvalue weighted by Gasteiger charge is 2.17. The van der Waals surface area contributed by atoms with Gasteiger partial charge in [-0.2, -0.15) is 5.26 Å². The van der Waals surface area contributed by atoms with Gasteiger partial charge < -0.3 is 10.4 Å². The number of aliphatic hydroxyl groups is 1. The van der Waals surface area contributed by atoms with Crippen LogP contribution in [0.15, 0.2) is 18.2 Å². The lowest BCUT2D eigenvalue weighted by Crippen LogP contribution is -2.29. The first-order valence-corrected chi connectivity index (χ1v) is 4.98. The molecule has 0 saturated carbocycles. The Bertz CT molecular complexity index is 472. The molecule has 2 N–H and O–H groups in total. The molecule has 6 heteroatoms. The van der Waals surface area contributed by atoms with E-state index in [2.05, 4.69) is 5.32 Å². The van der Waals surface area contributed by atoms with E-state index in [-0.39, 0.29) is 17.9 Å². The first-order chi connectivity index (χ1) is 7.83. The number of nitrogens with zero attached hydrogens (tertiary/aromatic N) is 2. The number of nitrogens with one attached hydrogen (secondary N) is 1. The minimum atomic E-state index is -0.990. The first kappa shape index (κ1) is 12.9. The quantitative estimate of drug-likeness (QED) is 0.610. The lowest BCUT2D eigenvalue weighted by Gasteiger charge is -2.18. The number of nitriles is 1. The van der Waals surface area contributed by atoms with E-state index in [1.54, 1.807) is 13.8 Å². The highest BCUT2D eigenvalue weighted by molar-refractivity contribution is 5.64. The number of benzene rings is 1. The largest absolute Gasteiger partial charge is 0.389 e. The van der Waals surface area contributed by atoms with Gasteiger partial charge >= 0.3 is 0 Å². The molecule has 0 atom stereocenters. The number of anilines is 1. The average molecular weight is 235 g/mol. The molecular weight excluding hydrogens is 222 g/mol. The van der Waals surface area contributed by atoms with Crippen LogP contribution in [-0.4, -0.2) is 22.2 Å². The maximum Gasteiger partial charge on any atom is 0.292 e. The number of hydrogen-bond donors (Lipinski definition) is 2. The van der Waals surface area contributed by atoms with Gasteiger partial charge in [-0.25, -0.2) is 0 Å². The lowest BCUT2D eigenvalue weighted by atomic mass is 10.1. The zero-order valence-electron chi connectivity index (χ0n) is 9.60. The molecule has 0 unspecified atom stereocenters. The van der Waals surface area contributed by atoms with Gasteiger partial charge in [-0.3, -0.25) is 10.1 Å². The second kappa shape index (κ2) is 4.80. The van der Waals surface area contributed by atoms with E-state index in [0.717, 1.165) is 0 Å². The van der Waals surface area contributed by atoms with Crippen molar-refractivity contribution in [2.45, 2.75) is 19.4 Å². The van der Waals surface area contributed by atoms with Gasteiger partial charge in [0.05, 0.1) is 22.2 Å². The van der Waals surface area contributed by atoms with E-state index >= 15 is 0 Å². The van der Waals surface area contributed by atoms with E-state index in [0.29, 0.717) is 5.56 Å². The molecule has 6 nitrogen and oxygen atoms in total. The molecule has 0 aliphatic rings. The predicted molar refractivity (Wildman–Crippen MR) is 62.6 cm³/mol. The molecule has 0 heterocycles. The zero-order valence-corrected chi connectivity index (χ0v) is 9.60. The Morgan fingerprint density at radius 2 is 2.24 bits per heavy atom. The standard InChI is InChI=1S/C11H13N3O3/c1-11(2,15)7-13-9-5-8(6-12)3-4-10(9)14(16)17/h3-5,13,15H,7H2,1-2H3. The second-order valence-corrected chi connectivity index (χ2v) is 4.27. The fourth-order valence-corrected chi connectivity index (χ4v) is 1.22. The third-order valence-electron chi connectivity index (χ3n) is 2.03. The Hall–Kier alpha value is -2.13. The topological polar surface area (TPSA) is 99.2 Å². The normalized spacial score (nSPS) is 10.7. The third-order valence-corrected chi connectivity index (χ3v) is 2.03. The average Bonchev–Trinajstić information content (AvgIpc) is 2.24. The van der Waals surface area contributed by atoms with Gasteiger partial charge in [0.2, 0.25) is 0 Å². The Balaban J connectivity index is 3.02. The summed E-state index contributed by atoms with van der Waals surface area (Å²) < 4.78 is 0. The van der Waals surface area contributed by atoms with Crippen LogP contribution in [0.1, 0.15) is 19.4 Å². The van der Waals surface area contributed by atoms with Gasteiger partial charge in [-0.15, -0.1) is 0 Å². The summed E-state index contributed by atoms with van der Waals surface area (Å²) in [7, 11) is 0. The molecule has 1 rings (SSSR count). The molecule has 1 aromatic carbocycles. The monoisotopic (exact) mass is 235 g/mol. The van der Waals surface area contributed by atoms with Gasteiger partial charge in [-0.1, -0.05) is 0 Å². The SMILES string of the molecule is CC(C)(O)CNc1cc(C#N)ccc1[N+](=O)[O-]. The zero-order chi connectivity index (χ0) is 13.1. The molecule has 0 fully saturated rings. The van der Waals surface area contributed by atoms with E-state index in [4.69, 9.17) is 5.26 Å². The van der Waals surface area contributed by atoms with Gasteiger partial charge in [0.15, 0.2) is 0 Å². The molecule has 1 aromatic rings. The van der Waals surface area contributed by atoms with E-state index in [1.807, 2.05) is 6.07 Å². The van der Waals surface area contributed by atoms with Crippen LogP contribution >= 0.6 is 0 Å².